The molecular weight excluding hydrogens is 240 g/mol. The number of nitrogens with zero attached hydrogens (tertiary/aromatic N) is 1. The van der Waals surface area contributed by atoms with E-state index in [-0.39, 0.29) is 11.1 Å². The summed E-state index contributed by atoms with van der Waals surface area (Å²) in [5, 5.41) is 0. The molecule has 0 aromatic carbocycles. The van der Waals surface area contributed by atoms with Crippen LogP contribution in [0, 0.1) is 5.92 Å². The lowest BCUT2D eigenvalue weighted by Gasteiger charge is -2.55. The summed E-state index contributed by atoms with van der Waals surface area (Å²) >= 11 is 0. The molecule has 1 atom stereocenters. The highest BCUT2D eigenvalue weighted by Gasteiger charge is 2.53. The fourth-order valence-electron chi connectivity index (χ4n) is 4.29. The van der Waals surface area contributed by atoms with Gasteiger partial charge in [-0.1, -0.05) is 0 Å². The summed E-state index contributed by atoms with van der Waals surface area (Å²) in [6.07, 6.45) is 7.25. The molecule has 0 aromatic rings. The lowest BCUT2D eigenvalue weighted by atomic mass is 9.79. The Balaban J connectivity index is 1.37. The fourth-order valence-corrected chi connectivity index (χ4v) is 4.29. The highest BCUT2D eigenvalue weighted by Crippen LogP contribution is 2.45. The van der Waals surface area contributed by atoms with E-state index in [0.717, 1.165) is 51.7 Å². The molecule has 3 saturated heterocycles. The molecule has 0 radical (unpaired) electrons. The zero-order chi connectivity index (χ0) is 12.9. The number of ether oxygens (including phenoxy) is 2. The molecule has 4 nitrogen and oxygen atoms in total. The molecule has 1 unspecified atom stereocenters. The summed E-state index contributed by atoms with van der Waals surface area (Å²) in [6, 6.07) is 0.697. The predicted molar refractivity (Wildman–Crippen MR) is 73.0 cm³/mol. The van der Waals surface area contributed by atoms with E-state index in [0.29, 0.717) is 6.04 Å². The molecule has 108 valence electrons. The van der Waals surface area contributed by atoms with Crippen molar-refractivity contribution in [2.24, 2.45) is 11.7 Å². The van der Waals surface area contributed by atoms with Crippen LogP contribution in [0.5, 0.6) is 0 Å². The van der Waals surface area contributed by atoms with Crippen LogP contribution in [-0.4, -0.2) is 55.0 Å². The molecule has 4 aliphatic rings. The Labute approximate surface area is 115 Å². The van der Waals surface area contributed by atoms with Crippen molar-refractivity contribution in [2.45, 2.75) is 55.7 Å². The van der Waals surface area contributed by atoms with Gasteiger partial charge in [0.25, 0.3) is 0 Å². The lowest BCUT2D eigenvalue weighted by molar-refractivity contribution is -0.161. The van der Waals surface area contributed by atoms with Crippen LogP contribution in [0.25, 0.3) is 0 Å². The lowest BCUT2D eigenvalue weighted by Crippen LogP contribution is -2.71. The first kappa shape index (κ1) is 12.6. The molecule has 4 rings (SSSR count). The van der Waals surface area contributed by atoms with Gasteiger partial charge in [0, 0.05) is 44.5 Å². The van der Waals surface area contributed by atoms with Gasteiger partial charge >= 0.3 is 0 Å². The molecule has 0 amide bonds. The molecule has 4 heteroatoms. The maximum Gasteiger partial charge on any atom is 0.0741 e. The minimum absolute atomic E-state index is 0.119. The second-order valence-electron chi connectivity index (χ2n) is 7.20. The number of hydrogen-bond acceptors (Lipinski definition) is 4. The first-order chi connectivity index (χ1) is 9.19. The molecular formula is C15H26N2O2. The third-order valence-electron chi connectivity index (χ3n) is 5.77. The van der Waals surface area contributed by atoms with E-state index < -0.39 is 0 Å². The van der Waals surface area contributed by atoms with Gasteiger partial charge < -0.3 is 15.2 Å². The summed E-state index contributed by atoms with van der Waals surface area (Å²) < 4.78 is 11.6. The molecule has 1 aliphatic carbocycles. The van der Waals surface area contributed by atoms with Crippen LogP contribution < -0.4 is 5.73 Å². The first-order valence-corrected chi connectivity index (χ1v) is 7.94. The largest absolute Gasteiger partial charge is 0.381 e. The Bertz CT molecular complexity index is 339. The van der Waals surface area contributed by atoms with Gasteiger partial charge in [0.05, 0.1) is 5.60 Å². The normalized spacial score (nSPS) is 38.1. The third kappa shape index (κ3) is 2.23. The zero-order valence-electron chi connectivity index (χ0n) is 11.8. The minimum atomic E-state index is 0.119. The number of likely N-dealkylation sites (tertiary alicyclic amines) is 1. The minimum Gasteiger partial charge on any atom is -0.381 e. The van der Waals surface area contributed by atoms with Crippen molar-refractivity contribution >= 4 is 0 Å². The quantitative estimate of drug-likeness (QED) is 0.814. The van der Waals surface area contributed by atoms with E-state index in [2.05, 4.69) is 4.90 Å². The summed E-state index contributed by atoms with van der Waals surface area (Å²) in [4.78, 5) is 2.62. The summed E-state index contributed by atoms with van der Waals surface area (Å²) in [5.41, 5.74) is 6.75. The molecule has 3 aliphatic heterocycles. The SMILES string of the molecule is NC1(C2CC2)CN(C2CCOC3(CCOCC3)C2)C1. The molecule has 4 fully saturated rings. The zero-order valence-corrected chi connectivity index (χ0v) is 11.8. The Hall–Kier alpha value is -0.160. The third-order valence-corrected chi connectivity index (χ3v) is 5.77. The second kappa shape index (κ2) is 4.42. The van der Waals surface area contributed by atoms with Crippen LogP contribution in [0.4, 0.5) is 0 Å². The summed E-state index contributed by atoms with van der Waals surface area (Å²) in [5.74, 6) is 0.820. The number of rotatable bonds is 2. The van der Waals surface area contributed by atoms with Crippen molar-refractivity contribution in [3.8, 4) is 0 Å². The van der Waals surface area contributed by atoms with Gasteiger partial charge in [-0.2, -0.15) is 0 Å². The molecule has 19 heavy (non-hydrogen) atoms. The monoisotopic (exact) mass is 266 g/mol. The van der Waals surface area contributed by atoms with Gasteiger partial charge in [-0.3, -0.25) is 4.90 Å². The molecule has 1 saturated carbocycles. The van der Waals surface area contributed by atoms with Crippen LogP contribution in [-0.2, 0) is 9.47 Å². The Morgan fingerprint density at radius 2 is 1.74 bits per heavy atom. The molecule has 1 spiro atoms. The van der Waals surface area contributed by atoms with Gasteiger partial charge in [-0.15, -0.1) is 0 Å². The maximum atomic E-state index is 6.48. The van der Waals surface area contributed by atoms with E-state index in [4.69, 9.17) is 15.2 Å². The van der Waals surface area contributed by atoms with Crippen LogP contribution >= 0.6 is 0 Å². The smallest absolute Gasteiger partial charge is 0.0741 e. The topological polar surface area (TPSA) is 47.7 Å². The standard InChI is InChI=1S/C15H26N2O2/c16-15(12-1-2-12)10-17(11-15)13-3-6-19-14(9-13)4-7-18-8-5-14/h12-13H,1-11,16H2. The van der Waals surface area contributed by atoms with Gasteiger partial charge in [-0.05, 0) is 44.4 Å². The van der Waals surface area contributed by atoms with Crippen molar-refractivity contribution < 1.29 is 9.47 Å². The molecule has 0 bridgehead atoms. The maximum absolute atomic E-state index is 6.48. The van der Waals surface area contributed by atoms with Crippen LogP contribution in [0.1, 0.15) is 38.5 Å². The van der Waals surface area contributed by atoms with Gasteiger partial charge in [0.15, 0.2) is 0 Å². The predicted octanol–water partition coefficient (Wildman–Crippen LogP) is 1.14. The van der Waals surface area contributed by atoms with Gasteiger partial charge in [-0.25, -0.2) is 0 Å². The second-order valence-corrected chi connectivity index (χ2v) is 7.20. The van der Waals surface area contributed by atoms with E-state index in [9.17, 15) is 0 Å². The Morgan fingerprint density at radius 3 is 2.42 bits per heavy atom. The van der Waals surface area contributed by atoms with Crippen molar-refractivity contribution in [2.75, 3.05) is 32.9 Å². The Morgan fingerprint density at radius 1 is 1.00 bits per heavy atom. The fraction of sp³-hybridized carbons (Fsp3) is 1.00. The van der Waals surface area contributed by atoms with Crippen LogP contribution in [0.2, 0.25) is 0 Å². The van der Waals surface area contributed by atoms with E-state index in [1.807, 2.05) is 0 Å². The van der Waals surface area contributed by atoms with E-state index in [1.54, 1.807) is 0 Å². The van der Waals surface area contributed by atoms with Crippen molar-refractivity contribution in [3.05, 3.63) is 0 Å². The number of hydrogen-bond donors (Lipinski definition) is 1. The summed E-state index contributed by atoms with van der Waals surface area (Å²) in [7, 11) is 0. The van der Waals surface area contributed by atoms with Crippen molar-refractivity contribution in [1.82, 2.24) is 4.90 Å². The van der Waals surface area contributed by atoms with Crippen LogP contribution in [0.3, 0.4) is 0 Å². The van der Waals surface area contributed by atoms with E-state index >= 15 is 0 Å². The average Bonchev–Trinajstić information content (AvgIpc) is 3.20. The molecule has 2 N–H and O–H groups in total. The van der Waals surface area contributed by atoms with Gasteiger partial charge in [0.2, 0.25) is 0 Å². The molecule has 0 aromatic heterocycles. The van der Waals surface area contributed by atoms with Crippen molar-refractivity contribution in [3.63, 3.8) is 0 Å². The first-order valence-electron chi connectivity index (χ1n) is 7.94. The molecule has 3 heterocycles. The summed E-state index contributed by atoms with van der Waals surface area (Å²) in [6.45, 7) is 4.90. The Kier molecular flexibility index (Phi) is 2.92. The van der Waals surface area contributed by atoms with Gasteiger partial charge in [0.1, 0.15) is 0 Å². The van der Waals surface area contributed by atoms with E-state index in [1.165, 1.54) is 25.7 Å². The van der Waals surface area contributed by atoms with Crippen LogP contribution in [0.15, 0.2) is 0 Å². The highest BCUT2D eigenvalue weighted by molar-refractivity contribution is 5.11. The average molecular weight is 266 g/mol. The number of nitrogens with two attached hydrogens (primary N) is 1. The highest BCUT2D eigenvalue weighted by atomic mass is 16.5. The van der Waals surface area contributed by atoms with Crippen molar-refractivity contribution in [1.29, 1.82) is 0 Å².